The Morgan fingerprint density at radius 1 is 1.10 bits per heavy atom. The van der Waals surface area contributed by atoms with Crippen molar-refractivity contribution in [1.29, 1.82) is 0 Å². The first-order chi connectivity index (χ1) is 13.8. The average Bonchev–Trinajstić information content (AvgIpc) is 3.16. The first-order valence-corrected chi connectivity index (χ1v) is 10.7. The molecule has 2 aromatic carbocycles. The Bertz CT molecular complexity index is 955. The van der Waals surface area contributed by atoms with Gasteiger partial charge >= 0.3 is 0 Å². The van der Waals surface area contributed by atoms with E-state index in [4.69, 9.17) is 16.1 Å². The minimum absolute atomic E-state index is 0.00875. The number of aromatic nitrogens is 2. The molecule has 0 unspecified atom stereocenters. The molecule has 0 fully saturated rings. The molecule has 0 aliphatic heterocycles. The van der Waals surface area contributed by atoms with Gasteiger partial charge < -0.3 is 9.42 Å². The second-order valence-electron chi connectivity index (χ2n) is 7.15. The first kappa shape index (κ1) is 21.4. The summed E-state index contributed by atoms with van der Waals surface area (Å²) in [6, 6.07) is 15.4. The average molecular weight is 430 g/mol. The van der Waals surface area contributed by atoms with E-state index in [0.29, 0.717) is 16.7 Å². The Morgan fingerprint density at radius 2 is 1.76 bits per heavy atom. The van der Waals surface area contributed by atoms with Gasteiger partial charge in [0.15, 0.2) is 0 Å². The summed E-state index contributed by atoms with van der Waals surface area (Å²) in [6.45, 7) is 8.21. The van der Waals surface area contributed by atoms with Crippen molar-refractivity contribution in [3.05, 3.63) is 65.0 Å². The number of rotatable bonds is 7. The van der Waals surface area contributed by atoms with Crippen molar-refractivity contribution in [1.82, 2.24) is 15.0 Å². The van der Waals surface area contributed by atoms with Crippen LogP contribution in [0, 0.1) is 6.92 Å². The number of aryl methyl sites for hydroxylation is 1. The Morgan fingerprint density at radius 3 is 2.38 bits per heavy atom. The highest BCUT2D eigenvalue weighted by atomic mass is 35.5. The molecule has 0 bridgehead atoms. The third-order valence-electron chi connectivity index (χ3n) is 4.46. The lowest BCUT2D eigenvalue weighted by molar-refractivity contribution is -0.133. The third-order valence-corrected chi connectivity index (χ3v) is 5.82. The van der Waals surface area contributed by atoms with Gasteiger partial charge in [-0.2, -0.15) is 4.98 Å². The van der Waals surface area contributed by atoms with E-state index in [9.17, 15) is 4.79 Å². The lowest BCUT2D eigenvalue weighted by Crippen LogP contribution is -2.40. The van der Waals surface area contributed by atoms with Gasteiger partial charge in [0.05, 0.1) is 5.25 Å². The molecule has 1 aromatic heterocycles. The van der Waals surface area contributed by atoms with Crippen LogP contribution in [-0.4, -0.2) is 32.2 Å². The van der Waals surface area contributed by atoms with Gasteiger partial charge in [-0.25, -0.2) is 0 Å². The Balaban J connectivity index is 1.70. The van der Waals surface area contributed by atoms with Crippen LogP contribution in [0.1, 0.15) is 32.2 Å². The maximum atomic E-state index is 13.1. The van der Waals surface area contributed by atoms with E-state index in [1.807, 2.05) is 52.0 Å². The molecule has 3 rings (SSSR count). The van der Waals surface area contributed by atoms with Gasteiger partial charge in [-0.15, -0.1) is 11.8 Å². The normalized spacial score (nSPS) is 12.2. The topological polar surface area (TPSA) is 59.2 Å². The number of benzene rings is 2. The van der Waals surface area contributed by atoms with E-state index < -0.39 is 0 Å². The molecule has 1 heterocycles. The van der Waals surface area contributed by atoms with E-state index in [-0.39, 0.29) is 23.7 Å². The lowest BCUT2D eigenvalue weighted by atomic mass is 10.2. The smallest absolute Gasteiger partial charge is 0.246 e. The fourth-order valence-electron chi connectivity index (χ4n) is 2.80. The molecule has 0 aliphatic carbocycles. The molecule has 0 radical (unpaired) electrons. The molecule has 152 valence electrons. The Labute approximate surface area is 180 Å². The van der Waals surface area contributed by atoms with E-state index in [1.165, 1.54) is 5.56 Å². The molecule has 1 amide bonds. The summed E-state index contributed by atoms with van der Waals surface area (Å²) in [6.07, 6.45) is 0. The minimum atomic E-state index is -0.223. The SMILES string of the molecule is Cc1ccc(S[C@H](C)C(=O)N(Cc2nc(-c3ccc(Cl)cc3)no2)C(C)C)cc1. The van der Waals surface area contributed by atoms with Gasteiger partial charge in [0.25, 0.3) is 0 Å². The van der Waals surface area contributed by atoms with Crippen molar-refractivity contribution in [2.45, 2.75) is 50.4 Å². The maximum Gasteiger partial charge on any atom is 0.246 e. The molecule has 0 saturated carbocycles. The van der Waals surface area contributed by atoms with Crippen LogP contribution in [0.4, 0.5) is 0 Å². The zero-order valence-corrected chi connectivity index (χ0v) is 18.5. The summed E-state index contributed by atoms with van der Waals surface area (Å²) in [5.74, 6) is 0.927. The monoisotopic (exact) mass is 429 g/mol. The summed E-state index contributed by atoms with van der Waals surface area (Å²) in [7, 11) is 0. The molecule has 29 heavy (non-hydrogen) atoms. The molecule has 0 spiro atoms. The summed E-state index contributed by atoms with van der Waals surface area (Å²) in [5.41, 5.74) is 2.01. The molecule has 7 heteroatoms. The number of hydrogen-bond donors (Lipinski definition) is 0. The quantitative estimate of drug-likeness (QED) is 0.456. The standard InChI is InChI=1S/C22H24ClN3O2S/c1-14(2)26(22(27)16(4)29-19-11-5-15(3)6-12-19)13-20-24-21(25-28-20)17-7-9-18(23)10-8-17/h5-12,14,16H,13H2,1-4H3/t16-/m1/s1. The van der Waals surface area contributed by atoms with E-state index in [0.717, 1.165) is 10.5 Å². The van der Waals surface area contributed by atoms with Crippen LogP contribution in [0.5, 0.6) is 0 Å². The van der Waals surface area contributed by atoms with E-state index in [1.54, 1.807) is 28.8 Å². The molecule has 0 saturated heterocycles. The highest BCUT2D eigenvalue weighted by Gasteiger charge is 2.26. The largest absolute Gasteiger partial charge is 0.337 e. The van der Waals surface area contributed by atoms with Gasteiger partial charge in [-0.1, -0.05) is 34.5 Å². The predicted molar refractivity (Wildman–Crippen MR) is 117 cm³/mol. The van der Waals surface area contributed by atoms with E-state index >= 15 is 0 Å². The molecular weight excluding hydrogens is 406 g/mol. The molecule has 5 nitrogen and oxygen atoms in total. The van der Waals surface area contributed by atoms with Crippen LogP contribution in [0.3, 0.4) is 0 Å². The molecular formula is C22H24ClN3O2S. The fourth-order valence-corrected chi connectivity index (χ4v) is 3.86. The number of hydrogen-bond acceptors (Lipinski definition) is 5. The van der Waals surface area contributed by atoms with Crippen molar-refractivity contribution in [3.8, 4) is 11.4 Å². The maximum absolute atomic E-state index is 13.1. The first-order valence-electron chi connectivity index (χ1n) is 9.46. The summed E-state index contributed by atoms with van der Waals surface area (Å²) in [4.78, 5) is 20.4. The molecule has 0 N–H and O–H groups in total. The van der Waals surface area contributed by atoms with Crippen LogP contribution in [0.25, 0.3) is 11.4 Å². The van der Waals surface area contributed by atoms with Gasteiger partial charge in [-0.05, 0) is 64.1 Å². The predicted octanol–water partition coefficient (Wildman–Crippen LogP) is 5.62. The number of amides is 1. The summed E-state index contributed by atoms with van der Waals surface area (Å²) >= 11 is 7.48. The van der Waals surface area contributed by atoms with Crippen molar-refractivity contribution in [2.24, 2.45) is 0 Å². The Hall–Kier alpha value is -2.31. The van der Waals surface area contributed by atoms with Crippen LogP contribution in [0.15, 0.2) is 57.9 Å². The number of thioether (sulfide) groups is 1. The zero-order valence-electron chi connectivity index (χ0n) is 16.9. The summed E-state index contributed by atoms with van der Waals surface area (Å²) in [5, 5.41) is 4.46. The van der Waals surface area contributed by atoms with Gasteiger partial charge in [0, 0.05) is 21.5 Å². The van der Waals surface area contributed by atoms with E-state index in [2.05, 4.69) is 22.3 Å². The van der Waals surface area contributed by atoms with Crippen molar-refractivity contribution in [3.63, 3.8) is 0 Å². The number of nitrogens with zero attached hydrogens (tertiary/aromatic N) is 3. The van der Waals surface area contributed by atoms with Crippen LogP contribution >= 0.6 is 23.4 Å². The second kappa shape index (κ2) is 9.46. The van der Waals surface area contributed by atoms with Crippen molar-refractivity contribution in [2.75, 3.05) is 0 Å². The zero-order chi connectivity index (χ0) is 21.0. The van der Waals surface area contributed by atoms with Crippen LogP contribution in [-0.2, 0) is 11.3 Å². The van der Waals surface area contributed by atoms with Crippen LogP contribution in [0.2, 0.25) is 5.02 Å². The third kappa shape index (κ3) is 5.61. The van der Waals surface area contributed by atoms with Crippen molar-refractivity contribution >= 4 is 29.3 Å². The second-order valence-corrected chi connectivity index (χ2v) is 9.00. The lowest BCUT2D eigenvalue weighted by Gasteiger charge is -2.27. The highest BCUT2D eigenvalue weighted by molar-refractivity contribution is 8.00. The molecule has 0 aliphatic rings. The van der Waals surface area contributed by atoms with Crippen molar-refractivity contribution < 1.29 is 9.32 Å². The highest BCUT2D eigenvalue weighted by Crippen LogP contribution is 2.26. The minimum Gasteiger partial charge on any atom is -0.337 e. The molecule has 3 aromatic rings. The Kier molecular flexibility index (Phi) is 6.98. The van der Waals surface area contributed by atoms with Gasteiger partial charge in [0.1, 0.15) is 6.54 Å². The number of halogens is 1. The number of carbonyl (C=O) groups excluding carboxylic acids is 1. The number of carbonyl (C=O) groups is 1. The summed E-state index contributed by atoms with van der Waals surface area (Å²) < 4.78 is 5.40. The molecule has 1 atom stereocenters. The van der Waals surface area contributed by atoms with Crippen LogP contribution < -0.4 is 0 Å². The van der Waals surface area contributed by atoms with Gasteiger partial charge in [0.2, 0.25) is 17.6 Å². The van der Waals surface area contributed by atoms with Gasteiger partial charge in [-0.3, -0.25) is 4.79 Å². The fraction of sp³-hybridized carbons (Fsp3) is 0.318.